The van der Waals surface area contributed by atoms with Crippen molar-refractivity contribution in [1.82, 2.24) is 5.32 Å². The maximum Gasteiger partial charge on any atom is 0.337 e. The van der Waals surface area contributed by atoms with Crippen LogP contribution in [0.2, 0.25) is 0 Å². The largest absolute Gasteiger partial charge is 0.459 e. The molecule has 2 unspecified atom stereocenters. The van der Waals surface area contributed by atoms with Crippen LogP contribution in [0.25, 0.3) is 0 Å². The zero-order chi connectivity index (χ0) is 31.0. The summed E-state index contributed by atoms with van der Waals surface area (Å²) < 4.78 is 16.9. The van der Waals surface area contributed by atoms with Gasteiger partial charge in [0.2, 0.25) is 5.91 Å². The fourth-order valence-electron chi connectivity index (χ4n) is 7.61. The topological polar surface area (TPSA) is 209 Å². The first-order chi connectivity index (χ1) is 18.7. The van der Waals surface area contributed by atoms with Gasteiger partial charge in [-0.25, -0.2) is 4.79 Å². The first-order valence-corrected chi connectivity index (χ1v) is 13.8. The Balaban J connectivity index is 0.00000323. The van der Waals surface area contributed by atoms with Crippen molar-refractivity contribution in [1.29, 1.82) is 0 Å². The number of carbonyl (C=O) groups is 4. The van der Waals surface area contributed by atoms with Gasteiger partial charge in [-0.2, -0.15) is 0 Å². The summed E-state index contributed by atoms with van der Waals surface area (Å²) in [6.45, 7) is 9.42. The summed E-state index contributed by atoms with van der Waals surface area (Å²) in [6, 6.07) is -1.02. The smallest absolute Gasteiger partial charge is 0.337 e. The SMILES string of the molecule is CC(=O)N[C@@H](C)[C@@H](O)C(=O)O[C@H]1C[C@@]2(O)[C@@H](OC(C)=O)[C@@H]3[C@]4(O)COC4CC(O)[C@@]3(C)C(=O)[C@H](O)C(=C1C)C2(C)C.[Ac].[Ac]. The second kappa shape index (κ2) is 13.5. The Morgan fingerprint density at radius 2 is 1.65 bits per heavy atom. The standard InChI is InChI=1S/C28H41NO12.2Ac/c1-11-15(41-24(36)19(33)12(2)29-13(3)30)9-28(38)23(40-14(4)31)21-26(7,16(32)8-17-27(21,37)10-39-17)22(35)20(34)18(11)25(28,5)6;;/h12,15-17,19-21,23,32-34,37-38H,8-10H2,1-7H3,(H,29,30);;/t12-,15-,16?,17?,19+,20+,21-,23-,26+,27-,28+;;/m0../s1. The van der Waals surface area contributed by atoms with E-state index in [1.54, 1.807) is 13.8 Å². The van der Waals surface area contributed by atoms with Gasteiger partial charge in [0.05, 0.1) is 30.3 Å². The van der Waals surface area contributed by atoms with Crippen LogP contribution in [-0.2, 0) is 33.4 Å². The van der Waals surface area contributed by atoms with E-state index in [1.807, 2.05) is 0 Å². The molecule has 43 heavy (non-hydrogen) atoms. The van der Waals surface area contributed by atoms with Crippen LogP contribution in [-0.4, -0.2) is 110 Å². The third-order valence-electron chi connectivity index (χ3n) is 10.1. The number of amides is 1. The minimum Gasteiger partial charge on any atom is -0.459 e. The maximum atomic E-state index is 14.2. The molecule has 2 radical (unpaired) electrons. The van der Waals surface area contributed by atoms with Crippen molar-refractivity contribution in [2.24, 2.45) is 16.7 Å². The zero-order valence-corrected chi connectivity index (χ0v) is 35.0. The summed E-state index contributed by atoms with van der Waals surface area (Å²) >= 11 is 0. The molecule has 15 heteroatoms. The molecule has 0 aromatic heterocycles. The number of ketones is 1. The average Bonchev–Trinajstić information content (AvgIpc) is 2.85. The summed E-state index contributed by atoms with van der Waals surface area (Å²) in [5.41, 5.74) is -7.12. The second-order valence-electron chi connectivity index (χ2n) is 12.8. The summed E-state index contributed by atoms with van der Waals surface area (Å²) in [4.78, 5) is 51.1. The molecule has 4 aliphatic rings. The number of ether oxygens (including phenoxy) is 3. The van der Waals surface area contributed by atoms with Crippen molar-refractivity contribution in [3.63, 3.8) is 0 Å². The van der Waals surface area contributed by atoms with Crippen LogP contribution in [0.5, 0.6) is 0 Å². The van der Waals surface area contributed by atoms with E-state index in [0.717, 1.165) is 6.92 Å². The Hall–Kier alpha value is 0.463. The number of carbonyl (C=O) groups excluding carboxylic acids is 4. The van der Waals surface area contributed by atoms with Gasteiger partial charge < -0.3 is 45.1 Å². The molecule has 1 heterocycles. The third kappa shape index (κ3) is 6.13. The molecule has 0 aromatic carbocycles. The summed E-state index contributed by atoms with van der Waals surface area (Å²) in [6.07, 6.45) is -9.51. The average molecular weight is 1040 g/mol. The van der Waals surface area contributed by atoms with E-state index in [-0.39, 0.29) is 112 Å². The van der Waals surface area contributed by atoms with E-state index in [0.29, 0.717) is 0 Å². The minimum atomic E-state index is -2.17. The molecular weight excluding hydrogens is 996 g/mol. The van der Waals surface area contributed by atoms with Gasteiger partial charge in [-0.15, -0.1) is 0 Å². The van der Waals surface area contributed by atoms with Crippen LogP contribution in [0, 0.1) is 105 Å². The van der Waals surface area contributed by atoms with Gasteiger partial charge in [0, 0.05) is 126 Å². The molecule has 13 nitrogen and oxygen atoms in total. The number of rotatable bonds is 5. The molecule has 236 valence electrons. The summed E-state index contributed by atoms with van der Waals surface area (Å²) in [7, 11) is 0. The van der Waals surface area contributed by atoms with Gasteiger partial charge in [0.1, 0.15) is 29.5 Å². The molecule has 0 spiro atoms. The molecule has 1 amide bonds. The fraction of sp³-hybridized carbons (Fsp3) is 0.786. The van der Waals surface area contributed by atoms with E-state index in [2.05, 4.69) is 5.32 Å². The van der Waals surface area contributed by atoms with E-state index < -0.39 is 101 Å². The third-order valence-corrected chi connectivity index (χ3v) is 10.1. The first-order valence-electron chi connectivity index (χ1n) is 13.8. The van der Waals surface area contributed by atoms with Crippen molar-refractivity contribution in [2.45, 2.75) is 115 Å². The van der Waals surface area contributed by atoms with Gasteiger partial charge in [0.15, 0.2) is 11.9 Å². The normalized spacial score (nSPS) is 40.8. The number of hydrogen-bond acceptors (Lipinski definition) is 12. The number of hydrogen-bond donors (Lipinski definition) is 6. The Morgan fingerprint density at radius 3 is 2.14 bits per heavy atom. The molecule has 3 fully saturated rings. The zero-order valence-electron chi connectivity index (χ0n) is 25.5. The Bertz CT molecular complexity index is 1190. The van der Waals surface area contributed by atoms with Gasteiger partial charge in [0.25, 0.3) is 0 Å². The van der Waals surface area contributed by atoms with Gasteiger partial charge in [-0.3, -0.25) is 14.4 Å². The van der Waals surface area contributed by atoms with Gasteiger partial charge >= 0.3 is 11.9 Å². The van der Waals surface area contributed by atoms with Crippen molar-refractivity contribution < 1.29 is 147 Å². The number of fused-ring (bicyclic) bond motifs is 5. The molecule has 1 aliphatic heterocycles. The number of aliphatic hydroxyl groups is 5. The fourth-order valence-corrected chi connectivity index (χ4v) is 7.61. The quantitative estimate of drug-likeness (QED) is 0.140. The molecule has 11 atom stereocenters. The monoisotopic (exact) mass is 1040 g/mol. The van der Waals surface area contributed by atoms with E-state index in [9.17, 15) is 44.7 Å². The van der Waals surface area contributed by atoms with E-state index in [4.69, 9.17) is 14.2 Å². The van der Waals surface area contributed by atoms with Crippen LogP contribution in [0.4, 0.5) is 0 Å². The van der Waals surface area contributed by atoms with E-state index >= 15 is 0 Å². The Kier molecular flexibility index (Phi) is 12.5. The van der Waals surface area contributed by atoms with Crippen LogP contribution >= 0.6 is 0 Å². The van der Waals surface area contributed by atoms with Crippen LogP contribution < -0.4 is 5.32 Å². The van der Waals surface area contributed by atoms with Gasteiger partial charge in [-0.05, 0) is 31.9 Å². The van der Waals surface area contributed by atoms with E-state index in [1.165, 1.54) is 27.7 Å². The van der Waals surface area contributed by atoms with Crippen molar-refractivity contribution in [3.05, 3.63) is 11.1 Å². The number of nitrogens with one attached hydrogen (secondary N) is 1. The molecule has 0 aromatic rings. The molecule has 3 aliphatic carbocycles. The molecule has 6 N–H and O–H groups in total. The van der Waals surface area contributed by atoms with Crippen LogP contribution in [0.1, 0.15) is 61.3 Å². The maximum absolute atomic E-state index is 14.2. The molecule has 2 bridgehead atoms. The van der Waals surface area contributed by atoms with Crippen molar-refractivity contribution >= 4 is 23.6 Å². The predicted octanol–water partition coefficient (Wildman–Crippen LogP) is -1.35. The number of aliphatic hydroxyl groups excluding tert-OH is 3. The molecule has 2 saturated carbocycles. The molecule has 1 saturated heterocycles. The van der Waals surface area contributed by atoms with Crippen molar-refractivity contribution in [3.8, 4) is 0 Å². The summed E-state index contributed by atoms with van der Waals surface area (Å²) in [5.74, 6) is -4.74. The molecular formula is C28H41Ac2NO12. The van der Waals surface area contributed by atoms with Gasteiger partial charge in [-0.1, -0.05) is 13.8 Å². The minimum absolute atomic E-state index is 0. The van der Waals surface area contributed by atoms with Crippen molar-refractivity contribution in [2.75, 3.05) is 6.61 Å². The number of Topliss-reactive ketones (excluding diaryl/α,β-unsaturated/α-hetero) is 1. The first kappa shape index (κ1) is 39.6. The van der Waals surface area contributed by atoms with Crippen LogP contribution in [0.3, 0.4) is 0 Å². The number of esters is 2. The second-order valence-corrected chi connectivity index (χ2v) is 12.8. The predicted molar refractivity (Wildman–Crippen MR) is 139 cm³/mol. The van der Waals surface area contributed by atoms with Crippen LogP contribution in [0.15, 0.2) is 11.1 Å². The summed E-state index contributed by atoms with van der Waals surface area (Å²) in [5, 5.41) is 60.2. The molecule has 4 rings (SSSR count). The Labute approximate surface area is 321 Å². The Morgan fingerprint density at radius 1 is 1.07 bits per heavy atom.